The Morgan fingerprint density at radius 3 is 2.33 bits per heavy atom. The number of nitrogens with zero attached hydrogens (tertiary/aromatic N) is 2. The van der Waals surface area contributed by atoms with Crippen molar-refractivity contribution in [2.45, 2.75) is 38.8 Å². The Labute approximate surface area is 93.6 Å². The highest BCUT2D eigenvalue weighted by atomic mass is 16.7. The van der Waals surface area contributed by atoms with E-state index in [1.165, 1.54) is 0 Å². The van der Waals surface area contributed by atoms with Gasteiger partial charge in [-0.3, -0.25) is 9.74 Å². The fourth-order valence-electron chi connectivity index (χ4n) is 1.94. The Morgan fingerprint density at radius 1 is 1.20 bits per heavy atom. The predicted molar refractivity (Wildman–Crippen MR) is 63.6 cm³/mol. The molecule has 0 aromatic carbocycles. The van der Waals surface area contributed by atoms with Crippen LogP contribution >= 0.6 is 0 Å². The van der Waals surface area contributed by atoms with Crippen LogP contribution in [0.4, 0.5) is 0 Å². The van der Waals surface area contributed by atoms with E-state index in [4.69, 9.17) is 4.84 Å². The van der Waals surface area contributed by atoms with Gasteiger partial charge in [0, 0.05) is 18.6 Å². The van der Waals surface area contributed by atoms with Gasteiger partial charge in [0.2, 0.25) is 0 Å². The molecule has 0 radical (unpaired) electrons. The number of likely N-dealkylation sites (N-methyl/N-ethyl adjacent to an activating group) is 1. The normalized spacial score (nSPS) is 26.5. The molecule has 0 amide bonds. The molecule has 0 spiro atoms. The number of piperazine rings is 1. The van der Waals surface area contributed by atoms with Gasteiger partial charge in [-0.15, -0.1) is 6.58 Å². The van der Waals surface area contributed by atoms with E-state index in [1.54, 1.807) is 6.08 Å². The van der Waals surface area contributed by atoms with E-state index >= 15 is 0 Å². The van der Waals surface area contributed by atoms with Crippen molar-refractivity contribution in [3.05, 3.63) is 12.7 Å². The van der Waals surface area contributed by atoms with Gasteiger partial charge in [-0.25, -0.2) is 0 Å². The Balaban J connectivity index is 2.80. The van der Waals surface area contributed by atoms with Crippen LogP contribution in [0.5, 0.6) is 0 Å². The second kappa shape index (κ2) is 4.24. The maximum Gasteiger partial charge on any atom is 0.0864 e. The summed E-state index contributed by atoms with van der Waals surface area (Å²) in [6, 6.07) is 0. The smallest absolute Gasteiger partial charge is 0.0864 e. The highest BCUT2D eigenvalue weighted by Gasteiger charge is 2.48. The Bertz CT molecular complexity index is 236. The minimum atomic E-state index is 0.00299. The lowest BCUT2D eigenvalue weighted by molar-refractivity contribution is -0.259. The zero-order valence-corrected chi connectivity index (χ0v) is 10.7. The molecule has 1 aliphatic heterocycles. The fraction of sp³-hybridized carbons (Fsp3) is 0.833. The van der Waals surface area contributed by atoms with Crippen molar-refractivity contribution in [3.8, 4) is 0 Å². The van der Waals surface area contributed by atoms with Crippen molar-refractivity contribution in [2.75, 3.05) is 26.7 Å². The molecule has 1 saturated heterocycles. The second-order valence-electron chi connectivity index (χ2n) is 5.23. The first-order valence-electron chi connectivity index (χ1n) is 5.56. The molecule has 0 aromatic rings. The maximum atomic E-state index is 5.72. The van der Waals surface area contributed by atoms with Crippen LogP contribution in [0.3, 0.4) is 0 Å². The van der Waals surface area contributed by atoms with Crippen LogP contribution in [0.25, 0.3) is 0 Å². The zero-order chi connectivity index (χ0) is 11.7. The molecule has 1 aliphatic rings. The summed E-state index contributed by atoms with van der Waals surface area (Å²) in [6.45, 7) is 15.2. The molecule has 0 atom stereocenters. The largest absolute Gasteiger partial charge is 0.298 e. The van der Waals surface area contributed by atoms with Crippen LogP contribution < -0.4 is 0 Å². The quantitative estimate of drug-likeness (QED) is 0.665. The van der Waals surface area contributed by atoms with Crippen molar-refractivity contribution in [1.29, 1.82) is 0 Å². The van der Waals surface area contributed by atoms with Crippen LogP contribution in [0.1, 0.15) is 27.7 Å². The van der Waals surface area contributed by atoms with Gasteiger partial charge in [0.05, 0.1) is 12.1 Å². The third-order valence-electron chi connectivity index (χ3n) is 4.06. The minimum Gasteiger partial charge on any atom is -0.298 e. The minimum absolute atomic E-state index is 0.00299. The van der Waals surface area contributed by atoms with E-state index in [-0.39, 0.29) is 11.1 Å². The third kappa shape index (κ3) is 2.10. The standard InChI is InChI=1S/C12H24N2O/c1-7-10-15-14-9-8-13(6)11(2,3)12(14,4)5/h7H,1,8-10H2,2-6H3. The van der Waals surface area contributed by atoms with Crippen LogP contribution in [0.2, 0.25) is 0 Å². The highest BCUT2D eigenvalue weighted by molar-refractivity contribution is 5.03. The maximum absolute atomic E-state index is 5.72. The summed E-state index contributed by atoms with van der Waals surface area (Å²) in [5.41, 5.74) is 0.107. The zero-order valence-electron chi connectivity index (χ0n) is 10.7. The molecule has 0 saturated carbocycles. The summed E-state index contributed by atoms with van der Waals surface area (Å²) in [5, 5.41) is 2.09. The van der Waals surface area contributed by atoms with Crippen LogP contribution in [0.15, 0.2) is 12.7 Å². The Hall–Kier alpha value is -0.380. The van der Waals surface area contributed by atoms with Crippen LogP contribution in [-0.2, 0) is 4.84 Å². The van der Waals surface area contributed by atoms with Gasteiger partial charge in [-0.1, -0.05) is 6.08 Å². The van der Waals surface area contributed by atoms with E-state index in [2.05, 4.69) is 51.3 Å². The molecule has 3 heteroatoms. The van der Waals surface area contributed by atoms with Gasteiger partial charge >= 0.3 is 0 Å². The van der Waals surface area contributed by atoms with Gasteiger partial charge in [0.1, 0.15) is 0 Å². The van der Waals surface area contributed by atoms with Crippen LogP contribution in [-0.4, -0.2) is 47.8 Å². The average Bonchev–Trinajstić information content (AvgIpc) is 2.14. The number of hydrogen-bond donors (Lipinski definition) is 0. The number of rotatable bonds is 3. The molecular weight excluding hydrogens is 188 g/mol. The van der Waals surface area contributed by atoms with Gasteiger partial charge < -0.3 is 0 Å². The molecule has 0 N–H and O–H groups in total. The number of hydrogen-bond acceptors (Lipinski definition) is 3. The van der Waals surface area contributed by atoms with E-state index in [1.807, 2.05) is 0 Å². The van der Waals surface area contributed by atoms with E-state index in [0.29, 0.717) is 6.61 Å². The Morgan fingerprint density at radius 2 is 1.80 bits per heavy atom. The Kier molecular flexibility index (Phi) is 3.59. The molecule has 3 nitrogen and oxygen atoms in total. The molecule has 0 aliphatic carbocycles. The van der Waals surface area contributed by atoms with Crippen LogP contribution in [0, 0.1) is 0 Å². The molecule has 15 heavy (non-hydrogen) atoms. The lowest BCUT2D eigenvalue weighted by Crippen LogP contribution is -2.69. The van der Waals surface area contributed by atoms with Crippen molar-refractivity contribution >= 4 is 0 Å². The van der Waals surface area contributed by atoms with E-state index < -0.39 is 0 Å². The summed E-state index contributed by atoms with van der Waals surface area (Å²) >= 11 is 0. The van der Waals surface area contributed by atoms with E-state index in [0.717, 1.165) is 13.1 Å². The summed E-state index contributed by atoms with van der Waals surface area (Å²) < 4.78 is 0. The molecular formula is C12H24N2O. The molecule has 88 valence electrons. The van der Waals surface area contributed by atoms with Crippen molar-refractivity contribution in [2.24, 2.45) is 0 Å². The van der Waals surface area contributed by atoms with Gasteiger partial charge in [0.15, 0.2) is 0 Å². The first kappa shape index (κ1) is 12.7. The summed E-state index contributed by atoms with van der Waals surface area (Å²) in [5.74, 6) is 0. The topological polar surface area (TPSA) is 15.7 Å². The SMILES string of the molecule is C=CCON1CCN(C)C(C)(C)C1(C)C. The van der Waals surface area contributed by atoms with Gasteiger partial charge in [-0.05, 0) is 34.7 Å². The third-order valence-corrected chi connectivity index (χ3v) is 4.06. The molecule has 1 heterocycles. The second-order valence-corrected chi connectivity index (χ2v) is 5.23. The molecule has 0 unspecified atom stereocenters. The van der Waals surface area contributed by atoms with Crippen molar-refractivity contribution in [3.63, 3.8) is 0 Å². The summed E-state index contributed by atoms with van der Waals surface area (Å²) in [7, 11) is 2.17. The number of hydroxylamine groups is 2. The lowest BCUT2D eigenvalue weighted by Gasteiger charge is -2.56. The first-order chi connectivity index (χ1) is 6.84. The molecule has 1 fully saturated rings. The van der Waals surface area contributed by atoms with Gasteiger partial charge in [0.25, 0.3) is 0 Å². The molecule has 0 bridgehead atoms. The fourth-order valence-corrected chi connectivity index (χ4v) is 1.94. The molecule has 0 aromatic heterocycles. The van der Waals surface area contributed by atoms with E-state index in [9.17, 15) is 0 Å². The highest BCUT2D eigenvalue weighted by Crippen LogP contribution is 2.35. The molecule has 1 rings (SSSR count). The van der Waals surface area contributed by atoms with Crippen molar-refractivity contribution in [1.82, 2.24) is 9.96 Å². The predicted octanol–water partition coefficient (Wildman–Crippen LogP) is 1.91. The van der Waals surface area contributed by atoms with Crippen molar-refractivity contribution < 1.29 is 4.84 Å². The summed E-state index contributed by atoms with van der Waals surface area (Å²) in [6.07, 6.45) is 1.79. The van der Waals surface area contributed by atoms with Gasteiger partial charge in [-0.2, -0.15) is 5.06 Å². The summed E-state index contributed by atoms with van der Waals surface area (Å²) in [4.78, 5) is 8.11. The average molecular weight is 212 g/mol. The lowest BCUT2D eigenvalue weighted by atomic mass is 9.79. The first-order valence-corrected chi connectivity index (χ1v) is 5.56. The monoisotopic (exact) mass is 212 g/mol.